The van der Waals surface area contributed by atoms with Crippen LogP contribution in [-0.4, -0.2) is 37.0 Å². The van der Waals surface area contributed by atoms with Gasteiger partial charge in [-0.2, -0.15) is 13.2 Å². The zero-order valence-electron chi connectivity index (χ0n) is 15.5. The Bertz CT molecular complexity index is 1160. The predicted molar refractivity (Wildman–Crippen MR) is 114 cm³/mol. The number of fused-ring (bicyclic) bond motifs is 1. The topological polar surface area (TPSA) is 88.2 Å². The van der Waals surface area contributed by atoms with Crippen molar-refractivity contribution in [2.45, 2.75) is 17.4 Å². The number of aromatic nitrogens is 1. The summed E-state index contributed by atoms with van der Waals surface area (Å²) in [6.45, 7) is 1.95. The number of carbonyl (C=O) groups is 1. The van der Waals surface area contributed by atoms with E-state index in [9.17, 15) is 26.4 Å². The second kappa shape index (κ2) is 8.82. The lowest BCUT2D eigenvalue weighted by molar-refractivity contribution is -0.113. The van der Waals surface area contributed by atoms with Gasteiger partial charge < -0.3 is 5.32 Å². The molecule has 0 unspecified atom stereocenters. The van der Waals surface area contributed by atoms with Crippen LogP contribution in [-0.2, 0) is 14.8 Å². The van der Waals surface area contributed by atoms with Crippen molar-refractivity contribution in [3.63, 3.8) is 0 Å². The number of thioether (sulfide) groups is 1. The van der Waals surface area contributed by atoms with Gasteiger partial charge in [-0.3, -0.25) is 9.52 Å². The minimum absolute atomic E-state index is 0.0177. The fraction of sp³-hybridized carbons (Fsp3) is 0.222. The molecule has 0 saturated heterocycles. The van der Waals surface area contributed by atoms with Crippen LogP contribution in [0.3, 0.4) is 0 Å². The highest BCUT2D eigenvalue weighted by Crippen LogP contribution is 2.32. The number of halogens is 3. The molecule has 30 heavy (non-hydrogen) atoms. The van der Waals surface area contributed by atoms with E-state index in [2.05, 4.69) is 10.3 Å². The molecule has 0 aliphatic heterocycles. The first kappa shape index (κ1) is 22.4. The van der Waals surface area contributed by atoms with Crippen LogP contribution in [0.15, 0.2) is 46.8 Å². The van der Waals surface area contributed by atoms with Crippen LogP contribution in [0, 0.1) is 6.92 Å². The number of alkyl halides is 3. The van der Waals surface area contributed by atoms with E-state index in [1.54, 1.807) is 12.1 Å². The number of aryl methyl sites for hydroxylation is 1. The molecular weight excluding hydrogens is 459 g/mol. The minimum Gasteiger partial charge on any atom is -0.325 e. The highest BCUT2D eigenvalue weighted by Gasteiger charge is 2.35. The molecule has 0 aliphatic carbocycles. The monoisotopic (exact) mass is 475 g/mol. The molecule has 0 atom stereocenters. The van der Waals surface area contributed by atoms with Gasteiger partial charge in [0, 0.05) is 5.69 Å². The van der Waals surface area contributed by atoms with Gasteiger partial charge in [0.05, 0.1) is 21.7 Å². The maximum atomic E-state index is 12.4. The summed E-state index contributed by atoms with van der Waals surface area (Å²) in [6, 6.07) is 11.6. The molecule has 2 N–H and O–H groups in total. The average molecular weight is 476 g/mol. The second-order valence-electron chi connectivity index (χ2n) is 6.34. The normalized spacial score (nSPS) is 12.1. The number of thiazole rings is 1. The van der Waals surface area contributed by atoms with Gasteiger partial charge in [0.15, 0.2) is 10.1 Å². The standard InChI is InChI=1S/C18H16F3N3O3S3/c1-11-2-4-12(5-3-11)22-16(25)9-28-17-23-14-7-6-13(8-15(14)29-17)24-30(26,27)10-18(19,20)21/h2-8,24H,9-10H2,1H3,(H,22,25). The first-order valence-electron chi connectivity index (χ1n) is 8.46. The van der Waals surface area contributed by atoms with Crippen molar-refractivity contribution in [2.75, 3.05) is 21.5 Å². The smallest absolute Gasteiger partial charge is 0.325 e. The van der Waals surface area contributed by atoms with E-state index in [0.29, 0.717) is 20.2 Å². The molecule has 0 bridgehead atoms. The first-order chi connectivity index (χ1) is 14.0. The predicted octanol–water partition coefficient (Wildman–Crippen LogP) is 4.64. The Morgan fingerprint density at radius 3 is 2.47 bits per heavy atom. The Morgan fingerprint density at radius 1 is 1.13 bits per heavy atom. The highest BCUT2D eigenvalue weighted by atomic mass is 32.2. The second-order valence-corrected chi connectivity index (χ2v) is 10.3. The number of hydrogen-bond donors (Lipinski definition) is 2. The molecule has 2 aromatic carbocycles. The molecular formula is C18H16F3N3O3S3. The molecule has 12 heteroatoms. The van der Waals surface area contributed by atoms with E-state index in [-0.39, 0.29) is 17.3 Å². The molecule has 1 heterocycles. The summed E-state index contributed by atoms with van der Waals surface area (Å²) in [5, 5.41) is 2.78. The quantitative estimate of drug-likeness (QED) is 0.486. The summed E-state index contributed by atoms with van der Waals surface area (Å²) in [7, 11) is -4.56. The molecule has 3 rings (SSSR count). The van der Waals surface area contributed by atoms with Gasteiger partial charge >= 0.3 is 6.18 Å². The van der Waals surface area contributed by atoms with Gasteiger partial charge in [-0.25, -0.2) is 13.4 Å². The van der Waals surface area contributed by atoms with Crippen molar-refractivity contribution in [3.05, 3.63) is 48.0 Å². The third-order valence-corrected chi connectivity index (χ3v) is 7.07. The minimum atomic E-state index is -4.83. The van der Waals surface area contributed by atoms with Gasteiger partial charge in [0.25, 0.3) is 0 Å². The lowest BCUT2D eigenvalue weighted by Crippen LogP contribution is -2.27. The van der Waals surface area contributed by atoms with E-state index in [0.717, 1.165) is 5.56 Å². The van der Waals surface area contributed by atoms with Crippen molar-refractivity contribution >= 4 is 60.6 Å². The van der Waals surface area contributed by atoms with E-state index < -0.39 is 22.0 Å². The number of nitrogens with zero attached hydrogens (tertiary/aromatic N) is 1. The molecule has 6 nitrogen and oxygen atoms in total. The molecule has 1 aromatic heterocycles. The van der Waals surface area contributed by atoms with Crippen molar-refractivity contribution in [3.8, 4) is 0 Å². The van der Waals surface area contributed by atoms with Crippen LogP contribution in [0.25, 0.3) is 10.2 Å². The van der Waals surface area contributed by atoms with Crippen LogP contribution in [0.4, 0.5) is 24.5 Å². The fourth-order valence-electron chi connectivity index (χ4n) is 2.42. The maximum Gasteiger partial charge on any atom is 0.404 e. The maximum absolute atomic E-state index is 12.4. The highest BCUT2D eigenvalue weighted by molar-refractivity contribution is 8.01. The van der Waals surface area contributed by atoms with Gasteiger partial charge in [-0.15, -0.1) is 11.3 Å². The summed E-state index contributed by atoms with van der Waals surface area (Å²) in [6.07, 6.45) is -4.83. The Kier molecular flexibility index (Phi) is 6.58. The number of benzene rings is 2. The molecule has 0 radical (unpaired) electrons. The van der Waals surface area contributed by atoms with Crippen LogP contribution >= 0.6 is 23.1 Å². The molecule has 0 spiro atoms. The summed E-state index contributed by atoms with van der Waals surface area (Å²) < 4.78 is 63.4. The molecule has 0 aliphatic rings. The van der Waals surface area contributed by atoms with E-state index in [1.807, 2.05) is 23.8 Å². The number of carbonyl (C=O) groups excluding carboxylic acids is 1. The van der Waals surface area contributed by atoms with E-state index in [4.69, 9.17) is 0 Å². The first-order valence-corrected chi connectivity index (χ1v) is 11.9. The zero-order valence-corrected chi connectivity index (χ0v) is 17.9. The number of sulfonamides is 1. The lowest BCUT2D eigenvalue weighted by Gasteiger charge is -2.09. The number of nitrogens with one attached hydrogen (secondary N) is 2. The number of rotatable bonds is 7. The molecule has 0 fully saturated rings. The van der Waals surface area contributed by atoms with E-state index >= 15 is 0 Å². The summed E-state index contributed by atoms with van der Waals surface area (Å²) in [5.41, 5.74) is 2.34. The van der Waals surface area contributed by atoms with E-state index in [1.165, 1.54) is 41.3 Å². The van der Waals surface area contributed by atoms with Gasteiger partial charge in [-0.1, -0.05) is 29.5 Å². The third-order valence-electron chi connectivity index (χ3n) is 3.66. The van der Waals surface area contributed by atoms with Crippen molar-refractivity contribution in [1.82, 2.24) is 4.98 Å². The van der Waals surface area contributed by atoms with Gasteiger partial charge in [0.2, 0.25) is 15.9 Å². The van der Waals surface area contributed by atoms with Crippen molar-refractivity contribution < 1.29 is 26.4 Å². The third kappa shape index (κ3) is 6.61. The van der Waals surface area contributed by atoms with Crippen LogP contribution < -0.4 is 10.0 Å². The molecule has 0 saturated carbocycles. The number of anilines is 2. The summed E-state index contributed by atoms with van der Waals surface area (Å²) in [4.78, 5) is 16.4. The number of amides is 1. The summed E-state index contributed by atoms with van der Waals surface area (Å²) >= 11 is 2.43. The molecule has 160 valence electrons. The Morgan fingerprint density at radius 2 is 1.80 bits per heavy atom. The van der Waals surface area contributed by atoms with Crippen LogP contribution in [0.2, 0.25) is 0 Å². The molecule has 1 amide bonds. The lowest BCUT2D eigenvalue weighted by atomic mass is 10.2. The Hall–Kier alpha value is -2.31. The van der Waals surface area contributed by atoms with Crippen LogP contribution in [0.1, 0.15) is 5.56 Å². The fourth-order valence-corrected chi connectivity index (χ4v) is 5.32. The Labute approximate surface area is 178 Å². The van der Waals surface area contributed by atoms with Gasteiger partial charge in [-0.05, 0) is 37.3 Å². The SMILES string of the molecule is Cc1ccc(NC(=O)CSc2nc3ccc(NS(=O)(=O)CC(F)(F)F)cc3s2)cc1. The van der Waals surface area contributed by atoms with Crippen molar-refractivity contribution in [2.24, 2.45) is 0 Å². The molecule has 3 aromatic rings. The Balaban J connectivity index is 1.63. The van der Waals surface area contributed by atoms with Gasteiger partial charge in [0.1, 0.15) is 0 Å². The largest absolute Gasteiger partial charge is 0.404 e. The zero-order chi connectivity index (χ0) is 21.9. The van der Waals surface area contributed by atoms with Crippen LogP contribution in [0.5, 0.6) is 0 Å². The van der Waals surface area contributed by atoms with Crippen molar-refractivity contribution in [1.29, 1.82) is 0 Å². The number of hydrogen-bond acceptors (Lipinski definition) is 6. The average Bonchev–Trinajstić information content (AvgIpc) is 3.01. The summed E-state index contributed by atoms with van der Waals surface area (Å²) in [5.74, 6) is -2.04.